The van der Waals surface area contributed by atoms with Gasteiger partial charge in [-0.05, 0) is 12.5 Å². The van der Waals surface area contributed by atoms with Crippen LogP contribution in [0.2, 0.25) is 0 Å². The smallest absolute Gasteiger partial charge is 0.411 e. The molecule has 0 unspecified atom stereocenters. The Hall–Kier alpha value is -2.37. The van der Waals surface area contributed by atoms with Crippen molar-refractivity contribution in [3.8, 4) is 0 Å². The summed E-state index contributed by atoms with van der Waals surface area (Å²) < 4.78 is 5.08. The molecule has 0 aromatic heterocycles. The molecule has 1 atom stereocenters. The Labute approximate surface area is 115 Å². The lowest BCUT2D eigenvalue weighted by atomic mass is 9.99. The van der Waals surface area contributed by atoms with Crippen molar-refractivity contribution in [2.24, 2.45) is 0 Å². The van der Waals surface area contributed by atoms with Crippen molar-refractivity contribution in [3.05, 3.63) is 35.9 Å². The van der Waals surface area contributed by atoms with Crippen molar-refractivity contribution >= 4 is 17.8 Å². The molecule has 1 aliphatic heterocycles. The van der Waals surface area contributed by atoms with Crippen LogP contribution in [-0.2, 0) is 20.9 Å². The van der Waals surface area contributed by atoms with Crippen LogP contribution in [0, 0.1) is 0 Å². The van der Waals surface area contributed by atoms with Gasteiger partial charge < -0.3 is 9.84 Å². The fourth-order valence-corrected chi connectivity index (χ4v) is 2.14. The van der Waals surface area contributed by atoms with Crippen LogP contribution in [0.15, 0.2) is 30.3 Å². The van der Waals surface area contributed by atoms with Gasteiger partial charge in [-0.1, -0.05) is 30.3 Å². The number of amides is 1. The number of ether oxygens (including phenoxy) is 1. The zero-order valence-electron chi connectivity index (χ0n) is 11.0. The molecule has 6 heteroatoms. The second-order valence-corrected chi connectivity index (χ2v) is 4.92. The third-order valence-electron chi connectivity index (χ3n) is 3.36. The Balaban J connectivity index is 2.05. The minimum absolute atomic E-state index is 0.0417. The van der Waals surface area contributed by atoms with Gasteiger partial charge >= 0.3 is 12.1 Å². The van der Waals surface area contributed by atoms with Crippen molar-refractivity contribution in [2.75, 3.05) is 6.54 Å². The van der Waals surface area contributed by atoms with Gasteiger partial charge in [0.25, 0.3) is 0 Å². The highest BCUT2D eigenvalue weighted by Crippen LogP contribution is 2.28. The lowest BCUT2D eigenvalue weighted by Crippen LogP contribution is -2.50. The zero-order valence-corrected chi connectivity index (χ0v) is 11.0. The molecule has 0 bridgehead atoms. The van der Waals surface area contributed by atoms with Crippen LogP contribution in [0.5, 0.6) is 0 Å². The maximum atomic E-state index is 12.0. The number of ketones is 1. The number of hydrogen-bond acceptors (Lipinski definition) is 4. The first-order valence-electron chi connectivity index (χ1n) is 6.17. The summed E-state index contributed by atoms with van der Waals surface area (Å²) in [4.78, 5) is 35.6. The minimum atomic E-state index is -1.52. The molecule has 1 N–H and O–H groups in total. The van der Waals surface area contributed by atoms with Crippen molar-refractivity contribution in [1.82, 2.24) is 4.90 Å². The Kier molecular flexibility index (Phi) is 3.74. The highest BCUT2D eigenvalue weighted by atomic mass is 16.6. The molecule has 1 heterocycles. The number of carboxylic acid groups (broad SMARTS) is 1. The largest absolute Gasteiger partial charge is 0.479 e. The monoisotopic (exact) mass is 277 g/mol. The van der Waals surface area contributed by atoms with E-state index in [9.17, 15) is 19.5 Å². The lowest BCUT2D eigenvalue weighted by Gasteiger charge is -2.29. The Morgan fingerprint density at radius 1 is 1.35 bits per heavy atom. The lowest BCUT2D eigenvalue weighted by molar-refractivity contribution is -0.148. The van der Waals surface area contributed by atoms with Gasteiger partial charge in [0, 0.05) is 6.42 Å². The summed E-state index contributed by atoms with van der Waals surface area (Å²) in [5.74, 6) is -1.49. The topological polar surface area (TPSA) is 83.9 Å². The molecule has 1 amide bonds. The van der Waals surface area contributed by atoms with E-state index in [1.165, 1.54) is 6.92 Å². The molecule has 0 aliphatic carbocycles. The van der Waals surface area contributed by atoms with Crippen molar-refractivity contribution in [3.63, 3.8) is 0 Å². The number of carboxylic acids is 1. The fraction of sp³-hybridized carbons (Fsp3) is 0.357. The molecule has 0 spiro atoms. The number of benzene rings is 1. The first kappa shape index (κ1) is 14.0. The molecule has 106 valence electrons. The Morgan fingerprint density at radius 2 is 2.00 bits per heavy atom. The van der Waals surface area contributed by atoms with Crippen molar-refractivity contribution < 1.29 is 24.2 Å². The number of nitrogens with zero attached hydrogens (tertiary/aromatic N) is 1. The van der Waals surface area contributed by atoms with E-state index in [0.29, 0.717) is 0 Å². The summed E-state index contributed by atoms with van der Waals surface area (Å²) in [6.07, 6.45) is -0.979. The number of aliphatic carboxylic acids is 1. The quantitative estimate of drug-likeness (QED) is 0.903. The van der Waals surface area contributed by atoms with Gasteiger partial charge in [0.1, 0.15) is 12.1 Å². The van der Waals surface area contributed by atoms with E-state index in [2.05, 4.69) is 0 Å². The van der Waals surface area contributed by atoms with Crippen LogP contribution in [0.3, 0.4) is 0 Å². The molecule has 6 nitrogen and oxygen atoms in total. The van der Waals surface area contributed by atoms with E-state index in [1.54, 1.807) is 12.1 Å². The molecule has 0 saturated carbocycles. The van der Waals surface area contributed by atoms with Crippen LogP contribution >= 0.6 is 0 Å². The number of hydrogen-bond donors (Lipinski definition) is 1. The summed E-state index contributed by atoms with van der Waals surface area (Å²) in [7, 11) is 0. The molecule has 1 fully saturated rings. The Morgan fingerprint density at radius 3 is 2.60 bits per heavy atom. The molecule has 1 saturated heterocycles. The van der Waals surface area contributed by atoms with Crippen LogP contribution < -0.4 is 0 Å². The van der Waals surface area contributed by atoms with E-state index in [-0.39, 0.29) is 25.4 Å². The molecule has 20 heavy (non-hydrogen) atoms. The van der Waals surface area contributed by atoms with E-state index in [4.69, 9.17) is 4.74 Å². The first-order valence-corrected chi connectivity index (χ1v) is 6.17. The standard InChI is InChI=1S/C14H15NO5/c1-14(12(17)18)7-11(16)8-15(14)13(19)20-9-10-5-3-2-4-6-10/h2-6H,7-9H2,1H3,(H,17,18)/t14-/m0/s1. The van der Waals surface area contributed by atoms with Crippen LogP contribution in [0.25, 0.3) is 0 Å². The third-order valence-corrected chi connectivity index (χ3v) is 3.36. The number of carbonyl (C=O) groups is 3. The zero-order chi connectivity index (χ0) is 14.8. The first-order chi connectivity index (χ1) is 9.43. The molecule has 1 aromatic carbocycles. The maximum absolute atomic E-state index is 12.0. The molecule has 1 aliphatic rings. The van der Waals surface area contributed by atoms with Crippen molar-refractivity contribution in [2.45, 2.75) is 25.5 Å². The number of rotatable bonds is 3. The summed E-state index contributed by atoms with van der Waals surface area (Å²) in [5.41, 5.74) is -0.728. The van der Waals surface area contributed by atoms with Gasteiger partial charge in [-0.25, -0.2) is 9.59 Å². The van der Waals surface area contributed by atoms with E-state index in [1.807, 2.05) is 18.2 Å². The second kappa shape index (κ2) is 5.32. The van der Waals surface area contributed by atoms with Gasteiger partial charge in [-0.2, -0.15) is 0 Å². The highest BCUT2D eigenvalue weighted by Gasteiger charge is 2.50. The van der Waals surface area contributed by atoms with E-state index >= 15 is 0 Å². The van der Waals surface area contributed by atoms with Gasteiger partial charge in [-0.3, -0.25) is 9.69 Å². The van der Waals surface area contributed by atoms with Gasteiger partial charge in [-0.15, -0.1) is 0 Å². The molecule has 2 rings (SSSR count). The van der Waals surface area contributed by atoms with Gasteiger partial charge in [0.15, 0.2) is 5.78 Å². The average molecular weight is 277 g/mol. The molecule has 1 aromatic rings. The highest BCUT2D eigenvalue weighted by molar-refractivity contribution is 5.97. The third kappa shape index (κ3) is 2.64. The van der Waals surface area contributed by atoms with Crippen LogP contribution in [-0.4, -0.2) is 39.9 Å². The summed E-state index contributed by atoms with van der Waals surface area (Å²) in [5, 5.41) is 9.19. The van der Waals surface area contributed by atoms with E-state index in [0.717, 1.165) is 10.5 Å². The summed E-state index contributed by atoms with van der Waals surface area (Å²) in [6, 6.07) is 9.04. The molecular formula is C14H15NO5. The van der Waals surface area contributed by atoms with Gasteiger partial charge in [0.2, 0.25) is 0 Å². The summed E-state index contributed by atoms with van der Waals surface area (Å²) in [6.45, 7) is 1.17. The average Bonchev–Trinajstić information content (AvgIpc) is 2.74. The van der Waals surface area contributed by atoms with E-state index < -0.39 is 17.6 Å². The second-order valence-electron chi connectivity index (χ2n) is 4.92. The number of likely N-dealkylation sites (tertiary alicyclic amines) is 1. The summed E-state index contributed by atoms with van der Waals surface area (Å²) >= 11 is 0. The van der Waals surface area contributed by atoms with Gasteiger partial charge in [0.05, 0.1) is 6.54 Å². The minimum Gasteiger partial charge on any atom is -0.479 e. The molecular weight excluding hydrogens is 262 g/mol. The maximum Gasteiger partial charge on any atom is 0.411 e. The predicted octanol–water partition coefficient (Wildman–Crippen LogP) is 1.44. The normalized spacial score (nSPS) is 21.9. The van der Waals surface area contributed by atoms with Crippen LogP contribution in [0.1, 0.15) is 18.9 Å². The predicted molar refractivity (Wildman–Crippen MR) is 69.0 cm³/mol. The fourth-order valence-electron chi connectivity index (χ4n) is 2.14. The number of carbonyl (C=O) groups excluding carboxylic acids is 2. The van der Waals surface area contributed by atoms with Crippen LogP contribution in [0.4, 0.5) is 4.79 Å². The SMILES string of the molecule is C[C@@]1(C(=O)O)CC(=O)CN1C(=O)OCc1ccccc1. The Bertz CT molecular complexity index is 542. The number of Topliss-reactive ketones (excluding diaryl/α,β-unsaturated/α-hetero) is 1. The van der Waals surface area contributed by atoms with Crippen molar-refractivity contribution in [1.29, 1.82) is 0 Å². The molecule has 0 radical (unpaired) electrons.